The minimum atomic E-state index is -0.209. The zero-order valence-corrected chi connectivity index (χ0v) is 17.8. The molecule has 0 spiro atoms. The molecule has 1 amide bonds. The first kappa shape index (κ1) is 19.3. The molecular weight excluding hydrogens is 414 g/mol. The van der Waals surface area contributed by atoms with Crippen LogP contribution in [-0.2, 0) is 6.54 Å². The van der Waals surface area contributed by atoms with E-state index in [1.54, 1.807) is 22.7 Å². The van der Waals surface area contributed by atoms with E-state index in [1.165, 1.54) is 11.3 Å². The van der Waals surface area contributed by atoms with E-state index in [1.807, 2.05) is 44.2 Å². The number of hydrogen-bond donors (Lipinski definition) is 1. The van der Waals surface area contributed by atoms with Crippen molar-refractivity contribution in [1.29, 1.82) is 0 Å². The van der Waals surface area contributed by atoms with Gasteiger partial charge in [0.15, 0.2) is 16.5 Å². The number of aromatic nitrogens is 2. The molecule has 2 aromatic carbocycles. The number of ketones is 1. The van der Waals surface area contributed by atoms with Crippen LogP contribution in [0.2, 0.25) is 0 Å². The lowest BCUT2D eigenvalue weighted by Crippen LogP contribution is -2.22. The zero-order chi connectivity index (χ0) is 21.5. The van der Waals surface area contributed by atoms with Crippen LogP contribution in [0.4, 0.5) is 0 Å². The summed E-state index contributed by atoms with van der Waals surface area (Å²) in [5.74, 6) is 1.05. The van der Waals surface area contributed by atoms with Crippen molar-refractivity contribution < 1.29 is 19.1 Å². The van der Waals surface area contributed by atoms with Gasteiger partial charge in [0.05, 0.1) is 6.20 Å². The monoisotopic (exact) mass is 433 g/mol. The number of fused-ring (bicyclic) bond motifs is 2. The Hall–Kier alpha value is -3.65. The highest BCUT2D eigenvalue weighted by atomic mass is 32.1. The summed E-state index contributed by atoms with van der Waals surface area (Å²) < 4.78 is 12.4. The average Bonchev–Trinajstić information content (AvgIpc) is 3.48. The zero-order valence-electron chi connectivity index (χ0n) is 17.0. The van der Waals surface area contributed by atoms with Crippen molar-refractivity contribution in [3.63, 3.8) is 0 Å². The summed E-state index contributed by atoms with van der Waals surface area (Å²) in [6.07, 6.45) is 1.56. The fourth-order valence-electron chi connectivity index (χ4n) is 3.53. The highest BCUT2D eigenvalue weighted by Gasteiger charge is 2.22. The van der Waals surface area contributed by atoms with Crippen LogP contribution >= 0.6 is 11.3 Å². The summed E-state index contributed by atoms with van der Waals surface area (Å²) in [4.78, 5) is 31.3. The number of nitrogens with one attached hydrogen (secondary N) is 1. The number of imidazole rings is 1. The maximum atomic E-state index is 13.0. The third-order valence-electron chi connectivity index (χ3n) is 5.23. The van der Waals surface area contributed by atoms with Gasteiger partial charge in [-0.3, -0.25) is 14.0 Å². The predicted molar refractivity (Wildman–Crippen MR) is 116 cm³/mol. The molecule has 3 heterocycles. The number of thiazole rings is 1. The van der Waals surface area contributed by atoms with Gasteiger partial charge in [-0.05, 0) is 31.5 Å². The normalized spacial score (nSPS) is 12.3. The molecule has 1 N–H and O–H groups in total. The molecule has 1 aliphatic heterocycles. The third kappa shape index (κ3) is 3.44. The smallest absolute Gasteiger partial charge is 0.263 e. The van der Waals surface area contributed by atoms with Crippen LogP contribution in [0.15, 0.2) is 48.7 Å². The summed E-state index contributed by atoms with van der Waals surface area (Å²) in [5.41, 5.74) is 3.72. The molecule has 4 aromatic rings. The van der Waals surface area contributed by atoms with E-state index >= 15 is 0 Å². The standard InChI is InChI=1S/C23H19N3O4S/c1-13-3-6-16(7-4-13)20(27)17-11-25-23-26(17)14(2)21(31-23)22(28)24-10-15-5-8-18-19(9-15)30-12-29-18/h3-9,11H,10,12H2,1-2H3,(H,24,28). The van der Waals surface area contributed by atoms with Crippen molar-refractivity contribution in [2.24, 2.45) is 0 Å². The number of benzene rings is 2. The van der Waals surface area contributed by atoms with Crippen molar-refractivity contribution in [2.45, 2.75) is 20.4 Å². The highest BCUT2D eigenvalue weighted by molar-refractivity contribution is 7.19. The summed E-state index contributed by atoms with van der Waals surface area (Å²) in [6, 6.07) is 13.0. The Morgan fingerprint density at radius 3 is 2.68 bits per heavy atom. The van der Waals surface area contributed by atoms with Gasteiger partial charge in [0.2, 0.25) is 12.6 Å². The van der Waals surface area contributed by atoms with Gasteiger partial charge in [-0.15, -0.1) is 0 Å². The summed E-state index contributed by atoms with van der Waals surface area (Å²) >= 11 is 1.27. The van der Waals surface area contributed by atoms with Crippen LogP contribution in [0, 0.1) is 13.8 Å². The number of carbonyl (C=O) groups excluding carboxylic acids is 2. The molecule has 2 aromatic heterocycles. The van der Waals surface area contributed by atoms with E-state index in [4.69, 9.17) is 9.47 Å². The lowest BCUT2D eigenvalue weighted by atomic mass is 10.1. The molecule has 0 atom stereocenters. The SMILES string of the molecule is Cc1ccc(C(=O)c2cnc3sc(C(=O)NCc4ccc5c(c4)OCO5)c(C)n23)cc1. The quantitative estimate of drug-likeness (QED) is 0.483. The number of ether oxygens (including phenoxy) is 2. The molecule has 156 valence electrons. The Morgan fingerprint density at radius 2 is 1.87 bits per heavy atom. The molecule has 0 saturated heterocycles. The van der Waals surface area contributed by atoms with Gasteiger partial charge in [-0.25, -0.2) is 4.98 Å². The Morgan fingerprint density at radius 1 is 1.10 bits per heavy atom. The third-order valence-corrected chi connectivity index (χ3v) is 6.38. The first-order chi connectivity index (χ1) is 15.0. The van der Waals surface area contributed by atoms with Gasteiger partial charge in [-0.1, -0.05) is 47.2 Å². The predicted octanol–water partition coefficient (Wildman–Crippen LogP) is 3.90. The van der Waals surface area contributed by atoms with Crippen LogP contribution in [0.25, 0.3) is 4.96 Å². The van der Waals surface area contributed by atoms with E-state index in [2.05, 4.69) is 10.3 Å². The fourth-order valence-corrected chi connectivity index (χ4v) is 4.55. The minimum absolute atomic E-state index is 0.124. The van der Waals surface area contributed by atoms with Gasteiger partial charge in [0.25, 0.3) is 5.91 Å². The number of rotatable bonds is 5. The molecule has 0 fully saturated rings. The van der Waals surface area contributed by atoms with Crippen LogP contribution in [0.1, 0.15) is 42.5 Å². The highest BCUT2D eigenvalue weighted by Crippen LogP contribution is 2.32. The van der Waals surface area contributed by atoms with Gasteiger partial charge in [0, 0.05) is 17.8 Å². The largest absolute Gasteiger partial charge is 0.454 e. The number of aryl methyl sites for hydroxylation is 2. The first-order valence-corrected chi connectivity index (χ1v) is 10.6. The second kappa shape index (κ2) is 7.55. The molecule has 0 radical (unpaired) electrons. The minimum Gasteiger partial charge on any atom is -0.454 e. The molecule has 31 heavy (non-hydrogen) atoms. The van der Waals surface area contributed by atoms with E-state index in [0.29, 0.717) is 44.8 Å². The van der Waals surface area contributed by atoms with E-state index in [9.17, 15) is 9.59 Å². The Bertz CT molecular complexity index is 1320. The summed E-state index contributed by atoms with van der Waals surface area (Å²) in [7, 11) is 0. The van der Waals surface area contributed by atoms with Gasteiger partial charge in [-0.2, -0.15) is 0 Å². The van der Waals surface area contributed by atoms with E-state index in [0.717, 1.165) is 11.1 Å². The van der Waals surface area contributed by atoms with Crippen LogP contribution in [0.5, 0.6) is 11.5 Å². The maximum Gasteiger partial charge on any atom is 0.263 e. The van der Waals surface area contributed by atoms with E-state index < -0.39 is 0 Å². The van der Waals surface area contributed by atoms with Gasteiger partial charge < -0.3 is 14.8 Å². The molecule has 0 saturated carbocycles. The van der Waals surface area contributed by atoms with Crippen molar-refractivity contribution >= 4 is 28.0 Å². The number of nitrogens with zero attached hydrogens (tertiary/aromatic N) is 2. The van der Waals surface area contributed by atoms with Crippen LogP contribution in [-0.4, -0.2) is 27.9 Å². The second-order valence-electron chi connectivity index (χ2n) is 7.34. The Balaban J connectivity index is 1.38. The summed E-state index contributed by atoms with van der Waals surface area (Å²) in [5, 5.41) is 2.93. The van der Waals surface area contributed by atoms with Crippen LogP contribution < -0.4 is 14.8 Å². The molecule has 5 rings (SSSR count). The molecule has 0 bridgehead atoms. The van der Waals surface area contributed by atoms with Crippen molar-refractivity contribution in [3.05, 3.63) is 81.6 Å². The van der Waals surface area contributed by atoms with Crippen molar-refractivity contribution in [3.8, 4) is 11.5 Å². The number of hydrogen-bond acceptors (Lipinski definition) is 6. The fraction of sp³-hybridized carbons (Fsp3) is 0.174. The molecule has 8 heteroatoms. The summed E-state index contributed by atoms with van der Waals surface area (Å²) in [6.45, 7) is 4.36. The molecule has 0 unspecified atom stereocenters. The second-order valence-corrected chi connectivity index (χ2v) is 8.32. The first-order valence-electron chi connectivity index (χ1n) is 9.76. The average molecular weight is 433 g/mol. The molecule has 1 aliphatic rings. The Labute approximate surface area is 182 Å². The van der Waals surface area contributed by atoms with Crippen LogP contribution in [0.3, 0.4) is 0 Å². The molecule has 0 aliphatic carbocycles. The van der Waals surface area contributed by atoms with Gasteiger partial charge >= 0.3 is 0 Å². The molecule has 7 nitrogen and oxygen atoms in total. The topological polar surface area (TPSA) is 81.9 Å². The van der Waals surface area contributed by atoms with Crippen molar-refractivity contribution in [1.82, 2.24) is 14.7 Å². The molecular formula is C23H19N3O4S. The van der Waals surface area contributed by atoms with Crippen molar-refractivity contribution in [2.75, 3.05) is 6.79 Å². The lowest BCUT2D eigenvalue weighted by molar-refractivity contribution is 0.0952. The van der Waals surface area contributed by atoms with E-state index in [-0.39, 0.29) is 18.5 Å². The number of amides is 1. The number of carbonyl (C=O) groups is 2. The van der Waals surface area contributed by atoms with Gasteiger partial charge in [0.1, 0.15) is 10.6 Å². The lowest BCUT2D eigenvalue weighted by Gasteiger charge is -2.06. The maximum absolute atomic E-state index is 13.0. The Kier molecular flexibility index (Phi) is 4.71.